The van der Waals surface area contributed by atoms with Gasteiger partial charge in [-0.2, -0.15) is 5.10 Å². The van der Waals surface area contributed by atoms with Gasteiger partial charge in [-0.25, -0.2) is 0 Å². The van der Waals surface area contributed by atoms with E-state index in [4.69, 9.17) is 5.10 Å². The average molecular weight is 405 g/mol. The van der Waals surface area contributed by atoms with Crippen molar-refractivity contribution in [1.29, 1.82) is 0 Å². The molecule has 5 nitrogen and oxygen atoms in total. The largest absolute Gasteiger partial charge is 0.354 e. The monoisotopic (exact) mass is 404 g/mol. The Labute approximate surface area is 179 Å². The third-order valence-electron chi connectivity index (χ3n) is 5.92. The zero-order chi connectivity index (χ0) is 20.9. The maximum absolute atomic E-state index is 12.6. The summed E-state index contributed by atoms with van der Waals surface area (Å²) in [6.45, 7) is 9.04. The first-order valence-corrected chi connectivity index (χ1v) is 11.1. The first-order chi connectivity index (χ1) is 14.6. The quantitative estimate of drug-likeness (QED) is 0.601. The van der Waals surface area contributed by atoms with Crippen molar-refractivity contribution in [2.75, 3.05) is 26.2 Å². The number of piperidine rings is 1. The molecule has 2 heterocycles. The molecule has 30 heavy (non-hydrogen) atoms. The van der Waals surface area contributed by atoms with Gasteiger partial charge >= 0.3 is 0 Å². The fourth-order valence-corrected chi connectivity index (χ4v) is 4.75. The SMILES string of the molecule is C[C@@H]1C[C@H](C)CN(CCCNC(=O)Cn2nc(-c3ccccc3)c3ccccc32)C1. The lowest BCUT2D eigenvalue weighted by atomic mass is 9.92. The van der Waals surface area contributed by atoms with Crippen molar-refractivity contribution in [3.05, 3.63) is 54.6 Å². The normalized spacial score (nSPS) is 19.8. The molecule has 4 rings (SSSR count). The molecule has 5 heteroatoms. The fourth-order valence-electron chi connectivity index (χ4n) is 4.75. The van der Waals surface area contributed by atoms with Crippen molar-refractivity contribution in [2.45, 2.75) is 33.2 Å². The van der Waals surface area contributed by atoms with Crippen LogP contribution in [0.2, 0.25) is 0 Å². The number of carbonyl (C=O) groups excluding carboxylic acids is 1. The lowest BCUT2D eigenvalue weighted by Gasteiger charge is -2.34. The highest BCUT2D eigenvalue weighted by molar-refractivity contribution is 5.94. The van der Waals surface area contributed by atoms with Crippen molar-refractivity contribution >= 4 is 16.8 Å². The third-order valence-corrected chi connectivity index (χ3v) is 5.92. The van der Waals surface area contributed by atoms with Gasteiger partial charge in [-0.15, -0.1) is 0 Å². The lowest BCUT2D eigenvalue weighted by Crippen LogP contribution is -2.40. The number of benzene rings is 2. The van der Waals surface area contributed by atoms with Crippen LogP contribution in [0.25, 0.3) is 22.2 Å². The van der Waals surface area contributed by atoms with Gasteiger partial charge in [-0.1, -0.05) is 62.4 Å². The zero-order valence-corrected chi connectivity index (χ0v) is 18.1. The predicted octanol–water partition coefficient (Wildman–Crippen LogP) is 4.19. The number of carbonyl (C=O) groups is 1. The second kappa shape index (κ2) is 9.43. The lowest BCUT2D eigenvalue weighted by molar-refractivity contribution is -0.121. The molecule has 0 bridgehead atoms. The number of likely N-dealkylation sites (tertiary alicyclic amines) is 1. The second-order valence-electron chi connectivity index (χ2n) is 8.80. The minimum absolute atomic E-state index is 0.0169. The van der Waals surface area contributed by atoms with Gasteiger partial charge in [0.2, 0.25) is 5.91 Å². The maximum atomic E-state index is 12.6. The summed E-state index contributed by atoms with van der Waals surface area (Å²) < 4.78 is 1.82. The second-order valence-corrected chi connectivity index (χ2v) is 8.80. The van der Waals surface area contributed by atoms with Crippen molar-refractivity contribution in [3.63, 3.8) is 0 Å². The van der Waals surface area contributed by atoms with Gasteiger partial charge in [0.15, 0.2) is 0 Å². The number of hydrogen-bond donors (Lipinski definition) is 1. The highest BCUT2D eigenvalue weighted by atomic mass is 16.2. The van der Waals surface area contributed by atoms with Gasteiger partial charge < -0.3 is 10.2 Å². The molecule has 1 N–H and O–H groups in total. The molecule has 1 aliphatic heterocycles. The van der Waals surface area contributed by atoms with Gasteiger partial charge in [-0.05, 0) is 37.3 Å². The molecule has 0 saturated carbocycles. The summed E-state index contributed by atoms with van der Waals surface area (Å²) in [6, 6.07) is 18.3. The molecule has 1 saturated heterocycles. The Morgan fingerprint density at radius 1 is 1.03 bits per heavy atom. The summed E-state index contributed by atoms with van der Waals surface area (Å²) in [5, 5.41) is 8.92. The topological polar surface area (TPSA) is 50.2 Å². The maximum Gasteiger partial charge on any atom is 0.241 e. The molecule has 1 aromatic heterocycles. The molecule has 1 aliphatic rings. The van der Waals surface area contributed by atoms with Gasteiger partial charge in [0.05, 0.1) is 5.52 Å². The molecule has 0 spiro atoms. The molecule has 158 valence electrons. The molecule has 0 aliphatic carbocycles. The highest BCUT2D eigenvalue weighted by Crippen LogP contribution is 2.27. The number of fused-ring (bicyclic) bond motifs is 1. The first kappa shape index (κ1) is 20.6. The number of rotatable bonds is 7. The van der Waals surface area contributed by atoms with E-state index >= 15 is 0 Å². The Morgan fingerprint density at radius 3 is 2.50 bits per heavy atom. The zero-order valence-electron chi connectivity index (χ0n) is 18.1. The fraction of sp³-hybridized carbons (Fsp3) is 0.440. The van der Waals surface area contributed by atoms with Crippen molar-refractivity contribution in [1.82, 2.24) is 20.0 Å². The number of hydrogen-bond acceptors (Lipinski definition) is 3. The Kier molecular flexibility index (Phi) is 6.48. The molecule has 0 radical (unpaired) electrons. The number of para-hydroxylation sites is 1. The van der Waals surface area contributed by atoms with Crippen LogP contribution in [0.4, 0.5) is 0 Å². The van der Waals surface area contributed by atoms with E-state index in [0.29, 0.717) is 6.54 Å². The summed E-state index contributed by atoms with van der Waals surface area (Å²) in [6.07, 6.45) is 2.32. The molecule has 2 aromatic carbocycles. The van der Waals surface area contributed by atoms with Crippen LogP contribution in [-0.4, -0.2) is 46.8 Å². The molecule has 1 amide bonds. The molecule has 1 fully saturated rings. The van der Waals surface area contributed by atoms with Crippen LogP contribution in [0.15, 0.2) is 54.6 Å². The van der Waals surface area contributed by atoms with E-state index in [1.165, 1.54) is 19.5 Å². The minimum atomic E-state index is 0.0169. The van der Waals surface area contributed by atoms with E-state index in [9.17, 15) is 4.79 Å². The van der Waals surface area contributed by atoms with Gasteiger partial charge in [0, 0.05) is 30.6 Å². The first-order valence-electron chi connectivity index (χ1n) is 11.1. The number of nitrogens with zero attached hydrogens (tertiary/aromatic N) is 3. The smallest absolute Gasteiger partial charge is 0.241 e. The minimum Gasteiger partial charge on any atom is -0.354 e. The molecular formula is C25H32N4O. The van der Waals surface area contributed by atoms with Crippen LogP contribution < -0.4 is 5.32 Å². The van der Waals surface area contributed by atoms with Crippen LogP contribution in [0.3, 0.4) is 0 Å². The van der Waals surface area contributed by atoms with E-state index in [1.807, 2.05) is 41.1 Å². The Morgan fingerprint density at radius 2 is 1.73 bits per heavy atom. The van der Waals surface area contributed by atoms with Gasteiger partial charge in [0.25, 0.3) is 0 Å². The van der Waals surface area contributed by atoms with E-state index in [-0.39, 0.29) is 12.5 Å². The molecule has 2 atom stereocenters. The highest BCUT2D eigenvalue weighted by Gasteiger charge is 2.21. The summed E-state index contributed by atoms with van der Waals surface area (Å²) in [4.78, 5) is 15.1. The summed E-state index contributed by atoms with van der Waals surface area (Å²) >= 11 is 0. The van der Waals surface area contributed by atoms with E-state index in [2.05, 4.69) is 42.3 Å². The van der Waals surface area contributed by atoms with E-state index in [0.717, 1.165) is 47.0 Å². The Bertz CT molecular complexity index is 971. The standard InChI is InChI=1S/C25H32N4O/c1-19-15-20(2)17-28(16-19)14-8-13-26-24(30)18-29-23-12-7-6-11-22(23)25(27-29)21-9-4-3-5-10-21/h3-7,9-12,19-20H,8,13-18H2,1-2H3,(H,26,30)/t19-,20+. The van der Waals surface area contributed by atoms with E-state index in [1.54, 1.807) is 0 Å². The molecule has 0 unspecified atom stereocenters. The summed E-state index contributed by atoms with van der Waals surface area (Å²) in [7, 11) is 0. The van der Waals surface area contributed by atoms with Crippen LogP contribution in [0, 0.1) is 11.8 Å². The van der Waals surface area contributed by atoms with Crippen molar-refractivity contribution in [3.8, 4) is 11.3 Å². The Balaban J connectivity index is 1.35. The van der Waals surface area contributed by atoms with Crippen LogP contribution >= 0.6 is 0 Å². The van der Waals surface area contributed by atoms with Gasteiger partial charge in [-0.3, -0.25) is 9.48 Å². The third kappa shape index (κ3) is 4.90. The molecule has 3 aromatic rings. The van der Waals surface area contributed by atoms with Gasteiger partial charge in [0.1, 0.15) is 12.2 Å². The van der Waals surface area contributed by atoms with Crippen LogP contribution in [0.1, 0.15) is 26.7 Å². The van der Waals surface area contributed by atoms with Crippen molar-refractivity contribution < 1.29 is 4.79 Å². The number of amides is 1. The number of aromatic nitrogens is 2. The molecular weight excluding hydrogens is 372 g/mol. The average Bonchev–Trinajstić information content (AvgIpc) is 3.10. The predicted molar refractivity (Wildman–Crippen MR) is 122 cm³/mol. The van der Waals surface area contributed by atoms with E-state index < -0.39 is 0 Å². The summed E-state index contributed by atoms with van der Waals surface area (Å²) in [5.74, 6) is 1.56. The van der Waals surface area contributed by atoms with Crippen LogP contribution in [-0.2, 0) is 11.3 Å². The Hall–Kier alpha value is -2.66. The summed E-state index contributed by atoms with van der Waals surface area (Å²) in [5.41, 5.74) is 2.98. The van der Waals surface area contributed by atoms with Crippen molar-refractivity contribution in [2.24, 2.45) is 11.8 Å². The van der Waals surface area contributed by atoms with Crippen LogP contribution in [0.5, 0.6) is 0 Å². The number of nitrogens with one attached hydrogen (secondary N) is 1.